The van der Waals surface area contributed by atoms with E-state index in [0.717, 1.165) is 11.1 Å². The van der Waals surface area contributed by atoms with Gasteiger partial charge in [-0.15, -0.1) is 0 Å². The zero-order valence-corrected chi connectivity index (χ0v) is 15.3. The van der Waals surface area contributed by atoms with Crippen LogP contribution in [0.3, 0.4) is 0 Å². The summed E-state index contributed by atoms with van der Waals surface area (Å²) in [6.45, 7) is 2.89. The highest BCUT2D eigenvalue weighted by Crippen LogP contribution is 2.25. The molecule has 0 aromatic heterocycles. The summed E-state index contributed by atoms with van der Waals surface area (Å²) in [6, 6.07) is 15.6. The second-order valence-corrected chi connectivity index (χ2v) is 6.81. The lowest BCUT2D eigenvalue weighted by Gasteiger charge is -2.25. The number of carbonyl (C=O) groups excluding carboxylic acids is 2. The van der Waals surface area contributed by atoms with E-state index in [0.29, 0.717) is 25.9 Å². The van der Waals surface area contributed by atoms with E-state index in [1.165, 1.54) is 12.1 Å². The largest absolute Gasteiger partial charge is 0.338 e. The molecule has 1 aliphatic heterocycles. The molecule has 1 fully saturated rings. The van der Waals surface area contributed by atoms with E-state index in [9.17, 15) is 14.0 Å². The van der Waals surface area contributed by atoms with Crippen LogP contribution in [0.4, 0.5) is 9.18 Å². The average molecular weight is 369 g/mol. The Hall–Kier alpha value is -2.89. The predicted molar refractivity (Wildman–Crippen MR) is 102 cm³/mol. The Morgan fingerprint density at radius 1 is 1.22 bits per heavy atom. The topological polar surface area (TPSA) is 61.4 Å². The molecule has 3 amide bonds. The molecule has 27 heavy (non-hydrogen) atoms. The number of nitrogens with zero attached hydrogens (tertiary/aromatic N) is 1. The van der Waals surface area contributed by atoms with Gasteiger partial charge >= 0.3 is 6.03 Å². The zero-order valence-electron chi connectivity index (χ0n) is 15.3. The van der Waals surface area contributed by atoms with Gasteiger partial charge in [0.25, 0.3) is 0 Å². The van der Waals surface area contributed by atoms with Crippen molar-refractivity contribution in [1.29, 1.82) is 0 Å². The molecule has 6 heteroatoms. The summed E-state index contributed by atoms with van der Waals surface area (Å²) in [5, 5.41) is 5.62. The smallest absolute Gasteiger partial charge is 0.315 e. The number of urea groups is 1. The minimum Gasteiger partial charge on any atom is -0.338 e. The van der Waals surface area contributed by atoms with E-state index in [2.05, 4.69) is 10.6 Å². The number of nitrogens with one attached hydrogen (secondary N) is 2. The van der Waals surface area contributed by atoms with Gasteiger partial charge in [-0.25, -0.2) is 9.18 Å². The quantitative estimate of drug-likeness (QED) is 0.822. The van der Waals surface area contributed by atoms with Crippen LogP contribution in [-0.2, 0) is 11.2 Å². The first-order chi connectivity index (χ1) is 13.0. The molecule has 2 atom stereocenters. The van der Waals surface area contributed by atoms with Gasteiger partial charge in [0.2, 0.25) is 5.91 Å². The summed E-state index contributed by atoms with van der Waals surface area (Å²) in [6.07, 6.45) is 0.848. The number of benzene rings is 2. The highest BCUT2D eigenvalue weighted by atomic mass is 19.1. The summed E-state index contributed by atoms with van der Waals surface area (Å²) < 4.78 is 13.1. The van der Waals surface area contributed by atoms with Gasteiger partial charge in [-0.2, -0.15) is 0 Å². The maximum Gasteiger partial charge on any atom is 0.315 e. The minimum atomic E-state index is -0.307. The normalized spacial score (nSPS) is 17.6. The molecule has 1 saturated heterocycles. The van der Waals surface area contributed by atoms with E-state index in [4.69, 9.17) is 0 Å². The molecular weight excluding hydrogens is 345 g/mol. The second kappa shape index (κ2) is 8.66. The molecule has 1 aliphatic rings. The standard InChI is InChI=1S/C21H24FN3O2/c1-15(17-7-3-2-4-8-17)25-14-19(13-20(25)26)24-21(27)23-11-10-16-6-5-9-18(22)12-16/h2-9,12,15,19H,10-11,13-14H2,1H3,(H2,23,24,27). The fourth-order valence-electron chi connectivity index (χ4n) is 3.36. The van der Waals surface area contributed by atoms with Crippen LogP contribution in [0.5, 0.6) is 0 Å². The summed E-state index contributed by atoms with van der Waals surface area (Å²) >= 11 is 0. The first-order valence-corrected chi connectivity index (χ1v) is 9.16. The highest BCUT2D eigenvalue weighted by molar-refractivity contribution is 5.82. The third-order valence-corrected chi connectivity index (χ3v) is 4.83. The number of carbonyl (C=O) groups is 2. The number of likely N-dealkylation sites (tertiary alicyclic amines) is 1. The van der Waals surface area contributed by atoms with Crippen LogP contribution in [0, 0.1) is 5.82 Å². The number of hydrogen-bond donors (Lipinski definition) is 2. The highest BCUT2D eigenvalue weighted by Gasteiger charge is 2.33. The Kier molecular flexibility index (Phi) is 6.06. The molecule has 2 N–H and O–H groups in total. The van der Waals surface area contributed by atoms with Gasteiger partial charge in [-0.1, -0.05) is 42.5 Å². The Balaban J connectivity index is 1.45. The Bertz CT molecular complexity index is 797. The molecule has 0 spiro atoms. The van der Waals surface area contributed by atoms with Gasteiger partial charge in [0.1, 0.15) is 5.82 Å². The minimum absolute atomic E-state index is 0.0264. The van der Waals surface area contributed by atoms with Gasteiger partial charge in [0.05, 0.1) is 12.1 Å². The lowest BCUT2D eigenvalue weighted by Crippen LogP contribution is -2.44. The lowest BCUT2D eigenvalue weighted by atomic mass is 10.1. The predicted octanol–water partition coefficient (Wildman–Crippen LogP) is 3.03. The molecule has 3 rings (SSSR count). The van der Waals surface area contributed by atoms with Crippen molar-refractivity contribution in [2.24, 2.45) is 0 Å². The number of hydrogen-bond acceptors (Lipinski definition) is 2. The Labute approximate surface area is 158 Å². The third-order valence-electron chi connectivity index (χ3n) is 4.83. The average Bonchev–Trinajstić information content (AvgIpc) is 3.02. The van der Waals surface area contributed by atoms with Gasteiger partial charge in [0, 0.05) is 19.5 Å². The maximum atomic E-state index is 13.1. The van der Waals surface area contributed by atoms with Gasteiger partial charge in [-0.3, -0.25) is 4.79 Å². The van der Waals surface area contributed by atoms with Crippen molar-refractivity contribution in [2.45, 2.75) is 31.8 Å². The molecule has 142 valence electrons. The van der Waals surface area contributed by atoms with Crippen LogP contribution in [0.25, 0.3) is 0 Å². The molecule has 2 aromatic rings. The number of halogens is 1. The summed E-state index contributed by atoms with van der Waals surface area (Å²) in [4.78, 5) is 26.2. The van der Waals surface area contributed by atoms with Gasteiger partial charge in [0.15, 0.2) is 0 Å². The van der Waals surface area contributed by atoms with Gasteiger partial charge < -0.3 is 15.5 Å². The van der Waals surface area contributed by atoms with Crippen LogP contribution in [0.2, 0.25) is 0 Å². The van der Waals surface area contributed by atoms with Crippen LogP contribution < -0.4 is 10.6 Å². The van der Waals surface area contributed by atoms with E-state index >= 15 is 0 Å². The molecule has 5 nitrogen and oxygen atoms in total. The molecule has 0 radical (unpaired) electrons. The Morgan fingerprint density at radius 3 is 2.74 bits per heavy atom. The van der Waals surface area contributed by atoms with Gasteiger partial charge in [-0.05, 0) is 36.6 Å². The third kappa shape index (κ3) is 5.06. The molecule has 2 aromatic carbocycles. The van der Waals surface area contributed by atoms with Crippen LogP contribution in [0.1, 0.15) is 30.5 Å². The first-order valence-electron chi connectivity index (χ1n) is 9.16. The van der Waals surface area contributed by atoms with Crippen molar-refractivity contribution >= 4 is 11.9 Å². The van der Waals surface area contributed by atoms with E-state index < -0.39 is 0 Å². The second-order valence-electron chi connectivity index (χ2n) is 6.81. The van der Waals surface area contributed by atoms with Crippen LogP contribution in [0.15, 0.2) is 54.6 Å². The maximum absolute atomic E-state index is 13.1. The van der Waals surface area contributed by atoms with Crippen molar-refractivity contribution in [3.63, 3.8) is 0 Å². The monoisotopic (exact) mass is 369 g/mol. The van der Waals surface area contributed by atoms with Crippen LogP contribution >= 0.6 is 0 Å². The summed E-state index contributed by atoms with van der Waals surface area (Å²) in [7, 11) is 0. The number of rotatable bonds is 6. The van der Waals surface area contributed by atoms with Crippen molar-refractivity contribution in [2.75, 3.05) is 13.1 Å². The zero-order chi connectivity index (χ0) is 19.2. The van der Waals surface area contributed by atoms with Crippen molar-refractivity contribution in [3.05, 3.63) is 71.5 Å². The molecule has 1 heterocycles. The SMILES string of the molecule is CC(c1ccccc1)N1CC(NC(=O)NCCc2cccc(F)c2)CC1=O. The number of amides is 3. The summed E-state index contributed by atoms with van der Waals surface area (Å²) in [5.74, 6) is -0.245. The van der Waals surface area contributed by atoms with Crippen molar-refractivity contribution < 1.29 is 14.0 Å². The molecule has 0 aliphatic carbocycles. The van der Waals surface area contributed by atoms with Crippen molar-refractivity contribution in [1.82, 2.24) is 15.5 Å². The van der Waals surface area contributed by atoms with Crippen LogP contribution in [-0.4, -0.2) is 36.0 Å². The molecule has 0 saturated carbocycles. The summed E-state index contributed by atoms with van der Waals surface area (Å²) in [5.41, 5.74) is 1.90. The molecular formula is C21H24FN3O2. The fraction of sp³-hybridized carbons (Fsp3) is 0.333. The molecule has 2 unspecified atom stereocenters. The van der Waals surface area contributed by atoms with E-state index in [-0.39, 0.29) is 29.8 Å². The van der Waals surface area contributed by atoms with E-state index in [1.807, 2.05) is 43.3 Å². The first kappa shape index (κ1) is 18.9. The van der Waals surface area contributed by atoms with Crippen molar-refractivity contribution in [3.8, 4) is 0 Å². The van der Waals surface area contributed by atoms with E-state index in [1.54, 1.807) is 11.0 Å². The Morgan fingerprint density at radius 2 is 2.00 bits per heavy atom. The fourth-order valence-corrected chi connectivity index (χ4v) is 3.36. The lowest BCUT2D eigenvalue weighted by molar-refractivity contribution is -0.129. The molecule has 0 bridgehead atoms.